The Balaban J connectivity index is 2.13. The fourth-order valence-corrected chi connectivity index (χ4v) is 1.38. The average molecular weight is 193 g/mol. The summed E-state index contributed by atoms with van der Waals surface area (Å²) >= 11 is 4.56. The van der Waals surface area contributed by atoms with E-state index in [4.69, 9.17) is 4.74 Å². The van der Waals surface area contributed by atoms with Crippen LogP contribution in [-0.4, -0.2) is 18.9 Å². The third-order valence-electron chi connectivity index (χ3n) is 1.92. The maximum Gasteiger partial charge on any atom is 0.163 e. The molecule has 0 fully saturated rings. The number of hydrogen-bond acceptors (Lipinski definition) is 3. The zero-order valence-corrected chi connectivity index (χ0v) is 7.80. The van der Waals surface area contributed by atoms with Crippen LogP contribution in [0.25, 0.3) is 0 Å². The lowest BCUT2D eigenvalue weighted by atomic mass is 10.3. The highest BCUT2D eigenvalue weighted by molar-refractivity contribution is 7.78. The van der Waals surface area contributed by atoms with E-state index in [2.05, 4.69) is 27.9 Å². The molecule has 0 saturated heterocycles. The maximum atomic E-state index is 5.43. The first-order valence-corrected chi connectivity index (χ1v) is 4.39. The first-order valence-electron chi connectivity index (χ1n) is 3.98. The summed E-state index contributed by atoms with van der Waals surface area (Å²) in [6.45, 7) is 1.21. The summed E-state index contributed by atoms with van der Waals surface area (Å²) in [6.07, 6.45) is 0. The second-order valence-electron chi connectivity index (χ2n) is 2.72. The third-order valence-corrected chi connectivity index (χ3v) is 2.07. The van der Waals surface area contributed by atoms with Crippen molar-refractivity contribution in [1.82, 2.24) is 5.32 Å². The lowest BCUT2D eigenvalue weighted by Crippen LogP contribution is -2.32. The van der Waals surface area contributed by atoms with Gasteiger partial charge in [-0.05, 0) is 12.1 Å². The number of ether oxygens (including phenoxy) is 1. The molecule has 1 N–H and O–H groups in total. The minimum absolute atomic E-state index is 0.573. The van der Waals surface area contributed by atoms with Gasteiger partial charge < -0.3 is 15.0 Å². The number of para-hydroxylation sites is 2. The second kappa shape index (κ2) is 3.62. The van der Waals surface area contributed by atoms with Crippen molar-refractivity contribution < 1.29 is 4.74 Å². The molecule has 0 aromatic heterocycles. The highest BCUT2D eigenvalue weighted by atomic mass is 32.1. The molecule has 2 rings (SSSR count). The van der Waals surface area contributed by atoms with E-state index in [1.807, 2.05) is 24.3 Å². The van der Waals surface area contributed by atoms with Gasteiger partial charge in [-0.2, -0.15) is 0 Å². The van der Waals surface area contributed by atoms with Crippen LogP contribution >= 0.6 is 12.2 Å². The van der Waals surface area contributed by atoms with E-state index >= 15 is 0 Å². The van der Waals surface area contributed by atoms with Gasteiger partial charge in [-0.25, -0.2) is 0 Å². The summed E-state index contributed by atoms with van der Waals surface area (Å²) < 4.78 is 5.43. The van der Waals surface area contributed by atoms with Gasteiger partial charge in [0.05, 0.1) is 12.4 Å². The Morgan fingerprint density at radius 2 is 2.38 bits per heavy atom. The summed E-state index contributed by atoms with van der Waals surface area (Å²) in [7, 11) is 0. The molecule has 1 aromatic carbocycles. The summed E-state index contributed by atoms with van der Waals surface area (Å²) in [5.74, 6) is 0.925. The number of rotatable bonds is 3. The van der Waals surface area contributed by atoms with Crippen LogP contribution < -0.4 is 15.0 Å². The zero-order valence-electron chi connectivity index (χ0n) is 6.99. The molecule has 1 aliphatic heterocycles. The van der Waals surface area contributed by atoms with Crippen molar-refractivity contribution >= 4 is 23.4 Å². The molecule has 0 aliphatic carbocycles. The van der Waals surface area contributed by atoms with Gasteiger partial charge in [-0.3, -0.25) is 0 Å². The minimum atomic E-state index is 0.573. The Morgan fingerprint density at radius 1 is 1.54 bits per heavy atom. The van der Waals surface area contributed by atoms with Crippen LogP contribution in [0, 0.1) is 0 Å². The molecule has 0 saturated carbocycles. The van der Waals surface area contributed by atoms with Crippen LogP contribution in [0.4, 0.5) is 5.69 Å². The SMILES string of the molecule is S=[C]NCN1COc2ccccc21. The molecule has 3 nitrogen and oxygen atoms in total. The monoisotopic (exact) mass is 193 g/mol. The van der Waals surface area contributed by atoms with Gasteiger partial charge in [-0.15, -0.1) is 0 Å². The summed E-state index contributed by atoms with van der Waals surface area (Å²) in [4.78, 5) is 2.05. The average Bonchev–Trinajstić information content (AvgIpc) is 2.58. The molecule has 13 heavy (non-hydrogen) atoms. The summed E-state index contributed by atoms with van der Waals surface area (Å²) in [5.41, 5.74) is 3.56. The van der Waals surface area contributed by atoms with Crippen molar-refractivity contribution in [2.75, 3.05) is 18.3 Å². The molecule has 4 heteroatoms. The molecule has 1 aromatic rings. The second-order valence-corrected chi connectivity index (χ2v) is 2.92. The van der Waals surface area contributed by atoms with Gasteiger partial charge >= 0.3 is 0 Å². The quantitative estimate of drug-likeness (QED) is 0.576. The van der Waals surface area contributed by atoms with E-state index in [-0.39, 0.29) is 0 Å². The summed E-state index contributed by atoms with van der Waals surface area (Å²) in [6, 6.07) is 7.92. The van der Waals surface area contributed by atoms with Gasteiger partial charge in [0.25, 0.3) is 0 Å². The molecule has 0 spiro atoms. The molecule has 1 radical (unpaired) electrons. The minimum Gasteiger partial charge on any atom is -0.471 e. The van der Waals surface area contributed by atoms with Gasteiger partial charge in [-0.1, -0.05) is 24.4 Å². The van der Waals surface area contributed by atoms with E-state index in [0.717, 1.165) is 11.4 Å². The number of anilines is 1. The van der Waals surface area contributed by atoms with Crippen molar-refractivity contribution in [1.29, 1.82) is 0 Å². The number of nitrogens with one attached hydrogen (secondary N) is 1. The van der Waals surface area contributed by atoms with E-state index in [9.17, 15) is 0 Å². The van der Waals surface area contributed by atoms with Gasteiger partial charge in [0, 0.05) is 0 Å². The van der Waals surface area contributed by atoms with Crippen LogP contribution in [0.2, 0.25) is 0 Å². The van der Waals surface area contributed by atoms with Crippen molar-refractivity contribution in [2.24, 2.45) is 0 Å². The van der Waals surface area contributed by atoms with E-state index in [1.165, 1.54) is 0 Å². The Morgan fingerprint density at radius 3 is 3.23 bits per heavy atom. The lowest BCUT2D eigenvalue weighted by Gasteiger charge is -2.14. The van der Waals surface area contributed by atoms with E-state index in [1.54, 1.807) is 0 Å². The van der Waals surface area contributed by atoms with E-state index < -0.39 is 0 Å². The number of fused-ring (bicyclic) bond motifs is 1. The Labute approximate surface area is 82.3 Å². The van der Waals surface area contributed by atoms with Crippen LogP contribution in [0.15, 0.2) is 24.3 Å². The van der Waals surface area contributed by atoms with Gasteiger partial charge in [0.15, 0.2) is 6.73 Å². The van der Waals surface area contributed by atoms with Crippen molar-refractivity contribution in [2.45, 2.75) is 0 Å². The standard InChI is InChI=1S/C9H9N2OS/c13-6-10-5-11-7-12-9-4-2-1-3-8(9)11/h1-4H,5,7H2,(H,10,13). The normalized spacial score (nSPS) is 13.4. The van der Waals surface area contributed by atoms with Gasteiger partial charge in [0.2, 0.25) is 0 Å². The number of hydrogen-bond donors (Lipinski definition) is 1. The van der Waals surface area contributed by atoms with Crippen LogP contribution in [0.3, 0.4) is 0 Å². The van der Waals surface area contributed by atoms with Crippen LogP contribution in [-0.2, 0) is 0 Å². The Bertz CT molecular complexity index is 316. The molecule has 0 bridgehead atoms. The fraction of sp³-hybridized carbons (Fsp3) is 0.222. The third kappa shape index (κ3) is 1.58. The molecular weight excluding hydrogens is 184 g/mol. The molecule has 1 heterocycles. The topological polar surface area (TPSA) is 24.5 Å². The number of benzene rings is 1. The van der Waals surface area contributed by atoms with Crippen molar-refractivity contribution in [3.05, 3.63) is 24.3 Å². The fourth-order valence-electron chi connectivity index (χ4n) is 1.32. The lowest BCUT2D eigenvalue weighted by molar-refractivity contribution is 0.346. The molecule has 67 valence electrons. The van der Waals surface area contributed by atoms with Crippen molar-refractivity contribution in [3.8, 4) is 5.75 Å². The molecular formula is C9H9N2OS. The predicted octanol–water partition coefficient (Wildman–Crippen LogP) is 1.22. The largest absolute Gasteiger partial charge is 0.471 e. The number of nitrogens with zero attached hydrogens (tertiary/aromatic N) is 1. The Kier molecular flexibility index (Phi) is 2.31. The van der Waals surface area contributed by atoms with Gasteiger partial charge in [0.1, 0.15) is 11.2 Å². The smallest absolute Gasteiger partial charge is 0.163 e. The first kappa shape index (κ1) is 8.31. The molecule has 0 amide bonds. The highest BCUT2D eigenvalue weighted by Gasteiger charge is 2.18. The zero-order chi connectivity index (χ0) is 9.10. The van der Waals surface area contributed by atoms with Crippen molar-refractivity contribution in [3.63, 3.8) is 0 Å². The molecule has 0 atom stereocenters. The number of thiocarbonyl (C=S) groups is 1. The molecule has 1 aliphatic rings. The highest BCUT2D eigenvalue weighted by Crippen LogP contribution is 2.32. The summed E-state index contributed by atoms with van der Waals surface area (Å²) in [5, 5.41) is 2.84. The first-order chi connectivity index (χ1) is 6.42. The predicted molar refractivity (Wildman–Crippen MR) is 55.0 cm³/mol. The van der Waals surface area contributed by atoms with Crippen LogP contribution in [0.5, 0.6) is 5.75 Å². The molecule has 0 unspecified atom stereocenters. The van der Waals surface area contributed by atoms with Crippen LogP contribution in [0.1, 0.15) is 0 Å². The van der Waals surface area contributed by atoms with E-state index in [0.29, 0.717) is 13.4 Å². The maximum absolute atomic E-state index is 5.43. The Hall–Kier alpha value is -1.29.